The maximum atomic E-state index is 5.73. The molecule has 0 aromatic carbocycles. The summed E-state index contributed by atoms with van der Waals surface area (Å²) in [4.78, 5) is 0. The van der Waals surface area contributed by atoms with Crippen molar-refractivity contribution < 1.29 is 9.47 Å². The molecule has 0 N–H and O–H groups in total. The topological polar surface area (TPSA) is 21.8 Å². The Morgan fingerprint density at radius 1 is 1.25 bits per heavy atom. The molecule has 0 amide bonds. The number of rotatable bonds is 2. The number of epoxide rings is 1. The first-order valence-electron chi connectivity index (χ1n) is 4.84. The molecule has 1 saturated heterocycles. The highest BCUT2D eigenvalue weighted by Gasteiger charge is 2.47. The van der Waals surface area contributed by atoms with E-state index in [0.29, 0.717) is 12.2 Å². The Labute approximate surface area is 74.2 Å². The van der Waals surface area contributed by atoms with E-state index in [-0.39, 0.29) is 5.60 Å². The zero-order chi connectivity index (χ0) is 8.77. The summed E-state index contributed by atoms with van der Waals surface area (Å²) in [5.74, 6) is 0.757. The molecule has 0 radical (unpaired) electrons. The van der Waals surface area contributed by atoms with Crippen LogP contribution in [0.2, 0.25) is 0 Å². The molecule has 2 atom stereocenters. The monoisotopic (exact) mass is 170 g/mol. The molecule has 2 fully saturated rings. The molecule has 2 aliphatic rings. The van der Waals surface area contributed by atoms with Crippen molar-refractivity contribution in [2.75, 3.05) is 6.61 Å². The fraction of sp³-hybridized carbons (Fsp3) is 1.00. The number of hydrogen-bond donors (Lipinski definition) is 0. The molecule has 12 heavy (non-hydrogen) atoms. The second kappa shape index (κ2) is 2.71. The second-order valence-electron chi connectivity index (χ2n) is 4.97. The predicted octanol–water partition coefficient (Wildman–Crippen LogP) is 1.98. The third kappa shape index (κ3) is 1.99. The van der Waals surface area contributed by atoms with E-state index in [4.69, 9.17) is 9.47 Å². The standard InChI is InChI=1S/C10H18O2/c1-10(2,3)11-6-7-4-8-9(5-7)12-8/h7-9H,4-6H2,1-3H3/t8-,9-/m0/s1. The first-order chi connectivity index (χ1) is 5.54. The van der Waals surface area contributed by atoms with Gasteiger partial charge in [0.1, 0.15) is 0 Å². The van der Waals surface area contributed by atoms with Crippen LogP contribution in [-0.4, -0.2) is 24.4 Å². The Morgan fingerprint density at radius 2 is 1.83 bits per heavy atom. The molecule has 0 bridgehead atoms. The van der Waals surface area contributed by atoms with Gasteiger partial charge in [0.25, 0.3) is 0 Å². The summed E-state index contributed by atoms with van der Waals surface area (Å²) >= 11 is 0. The van der Waals surface area contributed by atoms with E-state index in [1.54, 1.807) is 0 Å². The van der Waals surface area contributed by atoms with E-state index in [0.717, 1.165) is 12.5 Å². The molecule has 2 nitrogen and oxygen atoms in total. The van der Waals surface area contributed by atoms with Crippen LogP contribution in [0, 0.1) is 5.92 Å². The van der Waals surface area contributed by atoms with Crippen LogP contribution in [0.3, 0.4) is 0 Å². The first kappa shape index (κ1) is 8.52. The van der Waals surface area contributed by atoms with Gasteiger partial charge in [0, 0.05) is 0 Å². The van der Waals surface area contributed by atoms with Gasteiger partial charge < -0.3 is 9.47 Å². The predicted molar refractivity (Wildman–Crippen MR) is 47.1 cm³/mol. The molecule has 0 aromatic rings. The molecule has 1 heterocycles. The van der Waals surface area contributed by atoms with Crippen LogP contribution >= 0.6 is 0 Å². The molecule has 0 unspecified atom stereocenters. The summed E-state index contributed by atoms with van der Waals surface area (Å²) < 4.78 is 11.1. The minimum atomic E-state index is 0.0215. The summed E-state index contributed by atoms with van der Waals surface area (Å²) in [6.07, 6.45) is 3.64. The third-order valence-electron chi connectivity index (χ3n) is 2.57. The van der Waals surface area contributed by atoms with Gasteiger partial charge >= 0.3 is 0 Å². The van der Waals surface area contributed by atoms with Gasteiger partial charge in [-0.15, -0.1) is 0 Å². The van der Waals surface area contributed by atoms with Crippen molar-refractivity contribution in [2.45, 2.75) is 51.4 Å². The lowest BCUT2D eigenvalue weighted by molar-refractivity contribution is -0.0261. The van der Waals surface area contributed by atoms with Crippen LogP contribution in [0.1, 0.15) is 33.6 Å². The van der Waals surface area contributed by atoms with Crippen LogP contribution in [0.5, 0.6) is 0 Å². The molecule has 70 valence electrons. The van der Waals surface area contributed by atoms with E-state index < -0.39 is 0 Å². The molecule has 1 saturated carbocycles. The van der Waals surface area contributed by atoms with E-state index in [1.807, 2.05) is 0 Å². The van der Waals surface area contributed by atoms with Crippen LogP contribution in [0.15, 0.2) is 0 Å². The highest BCUT2D eigenvalue weighted by molar-refractivity contribution is 4.95. The Bertz CT molecular complexity index is 161. The molecule has 0 spiro atoms. The van der Waals surface area contributed by atoms with Crippen molar-refractivity contribution in [2.24, 2.45) is 5.92 Å². The van der Waals surface area contributed by atoms with Gasteiger partial charge in [-0.2, -0.15) is 0 Å². The fourth-order valence-electron chi connectivity index (χ4n) is 1.85. The lowest BCUT2D eigenvalue weighted by Gasteiger charge is -2.22. The molecule has 1 aliphatic carbocycles. The molecular weight excluding hydrogens is 152 g/mol. The van der Waals surface area contributed by atoms with E-state index in [2.05, 4.69) is 20.8 Å². The van der Waals surface area contributed by atoms with Gasteiger partial charge in [0.05, 0.1) is 24.4 Å². The summed E-state index contributed by atoms with van der Waals surface area (Å²) in [5, 5.41) is 0. The maximum absolute atomic E-state index is 5.73. The summed E-state index contributed by atoms with van der Waals surface area (Å²) in [6.45, 7) is 7.25. The number of ether oxygens (including phenoxy) is 2. The lowest BCUT2D eigenvalue weighted by atomic mass is 10.1. The average molecular weight is 170 g/mol. The zero-order valence-electron chi connectivity index (χ0n) is 8.17. The van der Waals surface area contributed by atoms with Crippen molar-refractivity contribution in [3.8, 4) is 0 Å². The van der Waals surface area contributed by atoms with E-state index in [9.17, 15) is 0 Å². The normalized spacial score (nSPS) is 35.2. The van der Waals surface area contributed by atoms with Crippen LogP contribution in [0.4, 0.5) is 0 Å². The Balaban J connectivity index is 1.68. The minimum Gasteiger partial charge on any atom is -0.376 e. The number of fused-ring (bicyclic) bond motifs is 1. The second-order valence-corrected chi connectivity index (χ2v) is 4.97. The maximum Gasteiger partial charge on any atom is 0.0845 e. The van der Waals surface area contributed by atoms with Crippen molar-refractivity contribution in [1.82, 2.24) is 0 Å². The van der Waals surface area contributed by atoms with Crippen molar-refractivity contribution in [1.29, 1.82) is 0 Å². The van der Waals surface area contributed by atoms with Gasteiger partial charge in [-0.1, -0.05) is 0 Å². The summed E-state index contributed by atoms with van der Waals surface area (Å²) in [5.41, 5.74) is 0.0215. The number of hydrogen-bond acceptors (Lipinski definition) is 2. The molecular formula is C10H18O2. The first-order valence-corrected chi connectivity index (χ1v) is 4.84. The SMILES string of the molecule is CC(C)(C)OCC1C[C@@H]2O[C@H]2C1. The summed E-state index contributed by atoms with van der Waals surface area (Å²) in [6, 6.07) is 0. The third-order valence-corrected chi connectivity index (χ3v) is 2.57. The Hall–Kier alpha value is -0.0800. The largest absolute Gasteiger partial charge is 0.376 e. The average Bonchev–Trinajstić information content (AvgIpc) is 2.54. The van der Waals surface area contributed by atoms with Crippen molar-refractivity contribution >= 4 is 0 Å². The molecule has 2 heteroatoms. The zero-order valence-corrected chi connectivity index (χ0v) is 8.17. The molecule has 2 rings (SSSR count). The van der Waals surface area contributed by atoms with Gasteiger partial charge in [-0.3, -0.25) is 0 Å². The van der Waals surface area contributed by atoms with Crippen LogP contribution in [-0.2, 0) is 9.47 Å². The van der Waals surface area contributed by atoms with Gasteiger partial charge in [-0.25, -0.2) is 0 Å². The van der Waals surface area contributed by atoms with Gasteiger partial charge in [-0.05, 0) is 39.5 Å². The van der Waals surface area contributed by atoms with Gasteiger partial charge in [0.15, 0.2) is 0 Å². The molecule has 1 aliphatic heterocycles. The van der Waals surface area contributed by atoms with Crippen LogP contribution < -0.4 is 0 Å². The van der Waals surface area contributed by atoms with Crippen LogP contribution in [0.25, 0.3) is 0 Å². The highest BCUT2D eigenvalue weighted by atomic mass is 16.6. The molecule has 0 aromatic heterocycles. The van der Waals surface area contributed by atoms with E-state index >= 15 is 0 Å². The van der Waals surface area contributed by atoms with E-state index in [1.165, 1.54) is 12.8 Å². The lowest BCUT2D eigenvalue weighted by Crippen LogP contribution is -2.23. The fourth-order valence-corrected chi connectivity index (χ4v) is 1.85. The Morgan fingerprint density at radius 3 is 2.33 bits per heavy atom. The summed E-state index contributed by atoms with van der Waals surface area (Å²) in [7, 11) is 0. The van der Waals surface area contributed by atoms with Gasteiger partial charge in [0.2, 0.25) is 0 Å². The van der Waals surface area contributed by atoms with Crippen molar-refractivity contribution in [3.05, 3.63) is 0 Å². The van der Waals surface area contributed by atoms with Crippen molar-refractivity contribution in [3.63, 3.8) is 0 Å². The highest BCUT2D eigenvalue weighted by Crippen LogP contribution is 2.42. The smallest absolute Gasteiger partial charge is 0.0845 e. The quantitative estimate of drug-likeness (QED) is 0.591. The minimum absolute atomic E-state index is 0.0215. The Kier molecular flexibility index (Phi) is 1.92.